The molecular formula is C13H19N3O5S. The number of carbonyl (C=O) groups is 1. The Morgan fingerprint density at radius 3 is 2.73 bits per heavy atom. The van der Waals surface area contributed by atoms with Crippen molar-refractivity contribution in [3.63, 3.8) is 0 Å². The molecule has 1 aliphatic rings. The summed E-state index contributed by atoms with van der Waals surface area (Å²) in [6.07, 6.45) is 1.32. The summed E-state index contributed by atoms with van der Waals surface area (Å²) < 4.78 is 30.3. The largest absolute Gasteiger partial charge is 0.379 e. The van der Waals surface area contributed by atoms with Gasteiger partial charge in [-0.05, 0) is 6.07 Å². The molecule has 8 nitrogen and oxygen atoms in total. The lowest BCUT2D eigenvalue weighted by atomic mass is 10.1. The molecule has 0 aromatic carbocycles. The van der Waals surface area contributed by atoms with Gasteiger partial charge in [0.2, 0.25) is 15.6 Å². The molecular weight excluding hydrogens is 310 g/mol. The smallest absolute Gasteiger partial charge is 0.253 e. The summed E-state index contributed by atoms with van der Waals surface area (Å²) in [6, 6.07) is 2.29. The van der Waals surface area contributed by atoms with Crippen molar-refractivity contribution < 1.29 is 17.9 Å². The van der Waals surface area contributed by atoms with E-state index in [0.717, 1.165) is 4.31 Å². The van der Waals surface area contributed by atoms with E-state index in [4.69, 9.17) is 4.74 Å². The van der Waals surface area contributed by atoms with Crippen LogP contribution in [-0.2, 0) is 14.8 Å². The second-order valence-electron chi connectivity index (χ2n) is 5.38. The maximum absolute atomic E-state index is 12.1. The van der Waals surface area contributed by atoms with Crippen LogP contribution in [0.3, 0.4) is 0 Å². The maximum atomic E-state index is 12.1. The third-order valence-corrected chi connectivity index (χ3v) is 5.50. The molecule has 0 radical (unpaired) electrons. The number of H-pyrrole nitrogens is 1. The second kappa shape index (κ2) is 6.59. The standard InChI is InChI=1S/C13H19N3O5S/c1-16(2)22(19,20)8-10-6-21-7-11(10)15-13(18)9-3-4-12(17)14-5-9/h3-5,10-11H,6-8H2,1-2H3,(H,14,17)(H,15,18)/t10-,11-/m0/s1. The number of ether oxygens (including phenoxy) is 1. The van der Waals surface area contributed by atoms with Gasteiger partial charge >= 0.3 is 0 Å². The topological polar surface area (TPSA) is 109 Å². The van der Waals surface area contributed by atoms with Gasteiger partial charge in [-0.25, -0.2) is 12.7 Å². The number of rotatable bonds is 5. The molecule has 1 aliphatic heterocycles. The number of sulfonamides is 1. The molecule has 2 atom stereocenters. The Bertz CT molecular complexity index is 677. The Kier molecular flexibility index (Phi) is 4.99. The summed E-state index contributed by atoms with van der Waals surface area (Å²) in [4.78, 5) is 25.5. The number of amides is 1. The molecule has 1 saturated heterocycles. The fourth-order valence-corrected chi connectivity index (χ4v) is 3.31. The van der Waals surface area contributed by atoms with Crippen LogP contribution in [0.15, 0.2) is 23.1 Å². The van der Waals surface area contributed by atoms with Gasteiger partial charge in [-0.3, -0.25) is 9.59 Å². The van der Waals surface area contributed by atoms with Gasteiger partial charge in [-0.15, -0.1) is 0 Å². The third-order valence-electron chi connectivity index (χ3n) is 3.54. The molecule has 1 amide bonds. The lowest BCUT2D eigenvalue weighted by Gasteiger charge is -2.21. The van der Waals surface area contributed by atoms with Crippen molar-refractivity contribution in [2.75, 3.05) is 33.1 Å². The van der Waals surface area contributed by atoms with Crippen molar-refractivity contribution in [2.45, 2.75) is 6.04 Å². The summed E-state index contributed by atoms with van der Waals surface area (Å²) >= 11 is 0. The molecule has 0 saturated carbocycles. The molecule has 1 fully saturated rings. The molecule has 0 spiro atoms. The van der Waals surface area contributed by atoms with Gasteiger partial charge in [0.15, 0.2) is 0 Å². The van der Waals surface area contributed by atoms with Gasteiger partial charge < -0.3 is 15.0 Å². The minimum Gasteiger partial charge on any atom is -0.379 e. The van der Waals surface area contributed by atoms with Crippen LogP contribution in [0.5, 0.6) is 0 Å². The van der Waals surface area contributed by atoms with E-state index in [1.54, 1.807) is 0 Å². The first-order valence-electron chi connectivity index (χ1n) is 6.77. The Morgan fingerprint density at radius 1 is 1.41 bits per heavy atom. The van der Waals surface area contributed by atoms with Gasteiger partial charge in [0.05, 0.1) is 30.6 Å². The highest BCUT2D eigenvalue weighted by atomic mass is 32.2. The van der Waals surface area contributed by atoms with Gasteiger partial charge in [0.25, 0.3) is 5.91 Å². The van der Waals surface area contributed by atoms with Crippen molar-refractivity contribution in [3.8, 4) is 0 Å². The summed E-state index contributed by atoms with van der Waals surface area (Å²) in [6.45, 7) is 0.548. The summed E-state index contributed by atoms with van der Waals surface area (Å²) in [7, 11) is -0.423. The fourth-order valence-electron chi connectivity index (χ4n) is 2.15. The quantitative estimate of drug-likeness (QED) is 0.721. The minimum atomic E-state index is -3.37. The second-order valence-corrected chi connectivity index (χ2v) is 7.61. The number of aromatic nitrogens is 1. The van der Waals surface area contributed by atoms with Crippen LogP contribution in [-0.4, -0.2) is 62.7 Å². The number of aromatic amines is 1. The average molecular weight is 329 g/mol. The van der Waals surface area contributed by atoms with Crippen LogP contribution in [0.4, 0.5) is 0 Å². The van der Waals surface area contributed by atoms with Crippen LogP contribution < -0.4 is 10.9 Å². The Labute approximate surface area is 128 Å². The molecule has 2 heterocycles. The first kappa shape index (κ1) is 16.7. The summed E-state index contributed by atoms with van der Waals surface area (Å²) in [5, 5.41) is 2.76. The van der Waals surface area contributed by atoms with E-state index in [0.29, 0.717) is 5.56 Å². The SMILES string of the molecule is CN(C)S(=O)(=O)C[C@@H]1COC[C@@H]1NC(=O)c1ccc(=O)[nH]c1. The fraction of sp³-hybridized carbons (Fsp3) is 0.538. The zero-order chi connectivity index (χ0) is 16.3. The first-order chi connectivity index (χ1) is 10.3. The minimum absolute atomic E-state index is 0.0867. The lowest BCUT2D eigenvalue weighted by molar-refractivity contribution is 0.0925. The molecule has 1 aromatic heterocycles. The summed E-state index contributed by atoms with van der Waals surface area (Å²) in [5.41, 5.74) is 0.0106. The van der Waals surface area contributed by atoms with Crippen molar-refractivity contribution in [1.29, 1.82) is 0 Å². The Balaban J connectivity index is 2.03. The zero-order valence-electron chi connectivity index (χ0n) is 12.4. The zero-order valence-corrected chi connectivity index (χ0v) is 13.2. The highest BCUT2D eigenvalue weighted by Gasteiger charge is 2.34. The van der Waals surface area contributed by atoms with Crippen molar-refractivity contribution in [1.82, 2.24) is 14.6 Å². The van der Waals surface area contributed by atoms with Crippen LogP contribution in [0, 0.1) is 5.92 Å². The molecule has 2 N–H and O–H groups in total. The lowest BCUT2D eigenvalue weighted by Crippen LogP contribution is -2.43. The number of hydrogen-bond acceptors (Lipinski definition) is 5. The number of nitrogens with one attached hydrogen (secondary N) is 2. The van der Waals surface area contributed by atoms with E-state index in [1.807, 2.05) is 0 Å². The predicted molar refractivity (Wildman–Crippen MR) is 80.1 cm³/mol. The van der Waals surface area contributed by atoms with Crippen molar-refractivity contribution in [2.24, 2.45) is 5.92 Å². The van der Waals surface area contributed by atoms with Crippen molar-refractivity contribution in [3.05, 3.63) is 34.2 Å². The maximum Gasteiger partial charge on any atom is 0.253 e. The van der Waals surface area contributed by atoms with Gasteiger partial charge in [0, 0.05) is 32.3 Å². The normalized spacial score (nSPS) is 22.0. The number of nitrogens with zero attached hydrogens (tertiary/aromatic N) is 1. The van der Waals surface area contributed by atoms with E-state index < -0.39 is 10.0 Å². The van der Waals surface area contributed by atoms with E-state index in [9.17, 15) is 18.0 Å². The van der Waals surface area contributed by atoms with Crippen LogP contribution in [0.25, 0.3) is 0 Å². The van der Waals surface area contributed by atoms with Gasteiger partial charge in [-0.1, -0.05) is 0 Å². The van der Waals surface area contributed by atoms with Crippen molar-refractivity contribution >= 4 is 15.9 Å². The predicted octanol–water partition coefficient (Wildman–Crippen LogP) is -0.989. The molecule has 0 unspecified atom stereocenters. The molecule has 122 valence electrons. The van der Waals surface area contributed by atoms with Gasteiger partial charge in [-0.2, -0.15) is 0 Å². The highest BCUT2D eigenvalue weighted by Crippen LogP contribution is 2.17. The molecule has 9 heteroatoms. The van der Waals surface area contributed by atoms with E-state index in [1.165, 1.54) is 32.4 Å². The van der Waals surface area contributed by atoms with Crippen LogP contribution >= 0.6 is 0 Å². The third kappa shape index (κ3) is 3.93. The van der Waals surface area contributed by atoms with E-state index in [-0.39, 0.29) is 42.4 Å². The monoisotopic (exact) mass is 329 g/mol. The molecule has 2 rings (SSSR count). The average Bonchev–Trinajstić information content (AvgIpc) is 2.85. The Morgan fingerprint density at radius 2 is 2.14 bits per heavy atom. The number of pyridine rings is 1. The number of hydrogen-bond donors (Lipinski definition) is 2. The van der Waals surface area contributed by atoms with E-state index in [2.05, 4.69) is 10.3 Å². The first-order valence-corrected chi connectivity index (χ1v) is 8.38. The highest BCUT2D eigenvalue weighted by molar-refractivity contribution is 7.89. The molecule has 1 aromatic rings. The number of carbonyl (C=O) groups excluding carboxylic acids is 1. The van der Waals surface area contributed by atoms with Crippen LogP contribution in [0.1, 0.15) is 10.4 Å². The van der Waals surface area contributed by atoms with E-state index >= 15 is 0 Å². The molecule has 22 heavy (non-hydrogen) atoms. The van der Waals surface area contributed by atoms with Gasteiger partial charge in [0.1, 0.15) is 0 Å². The molecule has 0 aliphatic carbocycles. The van der Waals surface area contributed by atoms with Crippen LogP contribution in [0.2, 0.25) is 0 Å². The molecule has 0 bridgehead atoms. The Hall–Kier alpha value is -1.71. The summed E-state index contributed by atoms with van der Waals surface area (Å²) in [5.74, 6) is -0.769.